The highest BCUT2D eigenvalue weighted by Gasteiger charge is 2.29. The van der Waals surface area contributed by atoms with Gasteiger partial charge in [0.05, 0.1) is 18.5 Å². The van der Waals surface area contributed by atoms with Crippen LogP contribution in [0.5, 0.6) is 0 Å². The highest BCUT2D eigenvalue weighted by molar-refractivity contribution is 5.46. The Hall–Kier alpha value is -1.29. The van der Waals surface area contributed by atoms with Gasteiger partial charge in [0.25, 0.3) is 0 Å². The summed E-state index contributed by atoms with van der Waals surface area (Å²) in [4.78, 5) is 6.65. The average molecular weight is 221 g/mol. The number of rotatable bonds is 3. The van der Waals surface area contributed by atoms with E-state index in [1.54, 1.807) is 13.3 Å². The van der Waals surface area contributed by atoms with Crippen LogP contribution < -0.4 is 10.6 Å². The van der Waals surface area contributed by atoms with Crippen molar-refractivity contribution in [1.82, 2.24) is 4.98 Å². The van der Waals surface area contributed by atoms with Crippen LogP contribution in [0.25, 0.3) is 0 Å². The fourth-order valence-electron chi connectivity index (χ4n) is 2.24. The number of nitrogens with zero attached hydrogens (tertiary/aromatic N) is 2. The molecule has 1 aliphatic heterocycles. The van der Waals surface area contributed by atoms with Crippen molar-refractivity contribution in [2.24, 2.45) is 11.8 Å². The van der Waals surface area contributed by atoms with Crippen molar-refractivity contribution >= 4 is 11.5 Å². The van der Waals surface area contributed by atoms with Gasteiger partial charge < -0.3 is 15.4 Å². The van der Waals surface area contributed by atoms with Crippen molar-refractivity contribution < 1.29 is 4.74 Å². The van der Waals surface area contributed by atoms with Gasteiger partial charge in [-0.25, -0.2) is 4.98 Å². The first-order chi connectivity index (χ1) is 7.70. The summed E-state index contributed by atoms with van der Waals surface area (Å²) in [5.41, 5.74) is 6.34. The van der Waals surface area contributed by atoms with Crippen molar-refractivity contribution in [2.75, 3.05) is 37.4 Å². The van der Waals surface area contributed by atoms with Gasteiger partial charge in [-0.1, -0.05) is 6.92 Å². The smallest absolute Gasteiger partial charge is 0.128 e. The Bertz CT molecular complexity index is 339. The minimum absolute atomic E-state index is 0.601. The summed E-state index contributed by atoms with van der Waals surface area (Å²) in [5, 5.41) is 0. The van der Waals surface area contributed by atoms with Crippen LogP contribution in [0.1, 0.15) is 6.92 Å². The number of hydrogen-bond donors (Lipinski definition) is 1. The van der Waals surface area contributed by atoms with E-state index < -0.39 is 0 Å². The Labute approximate surface area is 96.4 Å². The Kier molecular flexibility index (Phi) is 3.29. The zero-order valence-corrected chi connectivity index (χ0v) is 9.89. The summed E-state index contributed by atoms with van der Waals surface area (Å²) in [6.45, 7) is 5.16. The SMILES string of the molecule is COC[C@@H]1CN(c2ccc(N)cn2)C[C@H]1C. The number of pyridine rings is 1. The van der Waals surface area contributed by atoms with E-state index in [0.29, 0.717) is 17.5 Å². The molecule has 2 N–H and O–H groups in total. The summed E-state index contributed by atoms with van der Waals surface area (Å²) in [6.07, 6.45) is 1.71. The Morgan fingerprint density at radius 2 is 2.31 bits per heavy atom. The maximum absolute atomic E-state index is 5.63. The van der Waals surface area contributed by atoms with Crippen LogP contribution in [0.2, 0.25) is 0 Å². The van der Waals surface area contributed by atoms with Crippen LogP contribution in [0.15, 0.2) is 18.3 Å². The topological polar surface area (TPSA) is 51.4 Å². The number of nitrogen functional groups attached to an aromatic ring is 1. The summed E-state index contributed by atoms with van der Waals surface area (Å²) >= 11 is 0. The third-order valence-corrected chi connectivity index (χ3v) is 3.24. The van der Waals surface area contributed by atoms with E-state index in [4.69, 9.17) is 10.5 Å². The van der Waals surface area contributed by atoms with Gasteiger partial charge in [0.15, 0.2) is 0 Å². The number of methoxy groups -OCH3 is 1. The lowest BCUT2D eigenvalue weighted by atomic mass is 10.00. The quantitative estimate of drug-likeness (QED) is 0.838. The normalized spacial score (nSPS) is 25.0. The number of aromatic nitrogens is 1. The van der Waals surface area contributed by atoms with Crippen LogP contribution in [-0.2, 0) is 4.74 Å². The first-order valence-corrected chi connectivity index (χ1v) is 5.66. The van der Waals surface area contributed by atoms with E-state index in [0.717, 1.165) is 25.5 Å². The number of nitrogens with two attached hydrogens (primary N) is 1. The fraction of sp³-hybridized carbons (Fsp3) is 0.583. The van der Waals surface area contributed by atoms with E-state index in [9.17, 15) is 0 Å². The van der Waals surface area contributed by atoms with Crippen LogP contribution in [-0.4, -0.2) is 31.8 Å². The van der Waals surface area contributed by atoms with Gasteiger partial charge >= 0.3 is 0 Å². The molecule has 1 aromatic rings. The van der Waals surface area contributed by atoms with Gasteiger partial charge in [-0.2, -0.15) is 0 Å². The summed E-state index contributed by atoms with van der Waals surface area (Å²) in [5.74, 6) is 2.27. The summed E-state index contributed by atoms with van der Waals surface area (Å²) < 4.78 is 5.23. The molecule has 4 heteroatoms. The minimum atomic E-state index is 0.601. The lowest BCUT2D eigenvalue weighted by Gasteiger charge is -2.17. The third-order valence-electron chi connectivity index (χ3n) is 3.24. The van der Waals surface area contributed by atoms with Gasteiger partial charge in [0.2, 0.25) is 0 Å². The maximum Gasteiger partial charge on any atom is 0.128 e. The molecule has 2 atom stereocenters. The van der Waals surface area contributed by atoms with Gasteiger partial charge in [-0.3, -0.25) is 0 Å². The van der Waals surface area contributed by atoms with E-state index in [-0.39, 0.29) is 0 Å². The van der Waals surface area contributed by atoms with Crippen molar-refractivity contribution in [2.45, 2.75) is 6.92 Å². The molecule has 1 fully saturated rings. The molecule has 0 amide bonds. The average Bonchev–Trinajstić information content (AvgIpc) is 2.62. The van der Waals surface area contributed by atoms with E-state index in [1.165, 1.54) is 0 Å². The number of ether oxygens (including phenoxy) is 1. The second kappa shape index (κ2) is 4.70. The molecule has 0 bridgehead atoms. The van der Waals surface area contributed by atoms with Gasteiger partial charge in [0, 0.05) is 26.1 Å². The predicted molar refractivity (Wildman–Crippen MR) is 65.4 cm³/mol. The van der Waals surface area contributed by atoms with Crippen molar-refractivity contribution in [3.63, 3.8) is 0 Å². The van der Waals surface area contributed by atoms with Crippen molar-refractivity contribution in [1.29, 1.82) is 0 Å². The molecule has 0 radical (unpaired) electrons. The second-order valence-corrected chi connectivity index (χ2v) is 4.55. The minimum Gasteiger partial charge on any atom is -0.397 e. The largest absolute Gasteiger partial charge is 0.397 e. The van der Waals surface area contributed by atoms with Crippen LogP contribution in [0.4, 0.5) is 11.5 Å². The maximum atomic E-state index is 5.63. The van der Waals surface area contributed by atoms with Crippen LogP contribution in [0, 0.1) is 11.8 Å². The molecule has 1 aliphatic rings. The van der Waals surface area contributed by atoms with Crippen LogP contribution >= 0.6 is 0 Å². The molecule has 2 heterocycles. The van der Waals surface area contributed by atoms with Crippen LogP contribution in [0.3, 0.4) is 0 Å². The van der Waals surface area contributed by atoms with Crippen molar-refractivity contribution in [3.05, 3.63) is 18.3 Å². The molecule has 2 rings (SSSR count). The van der Waals surface area contributed by atoms with Gasteiger partial charge in [-0.05, 0) is 18.1 Å². The molecular formula is C12H19N3O. The molecular weight excluding hydrogens is 202 g/mol. The molecule has 1 saturated heterocycles. The van der Waals surface area contributed by atoms with Gasteiger partial charge in [-0.15, -0.1) is 0 Å². The lowest BCUT2D eigenvalue weighted by Crippen LogP contribution is -2.21. The van der Waals surface area contributed by atoms with E-state index in [1.807, 2.05) is 12.1 Å². The standard InChI is InChI=1S/C12H19N3O/c1-9-6-15(7-10(9)8-16-2)12-4-3-11(13)5-14-12/h3-5,9-10H,6-8,13H2,1-2H3/t9-,10+/m1/s1. The molecule has 0 aromatic carbocycles. The molecule has 0 saturated carbocycles. The Balaban J connectivity index is 2.04. The van der Waals surface area contributed by atoms with E-state index >= 15 is 0 Å². The molecule has 0 aliphatic carbocycles. The summed E-state index contributed by atoms with van der Waals surface area (Å²) in [7, 11) is 1.76. The highest BCUT2D eigenvalue weighted by atomic mass is 16.5. The van der Waals surface area contributed by atoms with E-state index in [2.05, 4.69) is 16.8 Å². The fourth-order valence-corrected chi connectivity index (χ4v) is 2.24. The monoisotopic (exact) mass is 221 g/mol. The number of hydrogen-bond acceptors (Lipinski definition) is 4. The number of anilines is 2. The zero-order valence-electron chi connectivity index (χ0n) is 9.89. The second-order valence-electron chi connectivity index (χ2n) is 4.55. The molecule has 1 aromatic heterocycles. The van der Waals surface area contributed by atoms with Gasteiger partial charge in [0.1, 0.15) is 5.82 Å². The molecule has 4 nitrogen and oxygen atoms in total. The summed E-state index contributed by atoms with van der Waals surface area (Å²) in [6, 6.07) is 3.88. The molecule has 88 valence electrons. The first kappa shape index (κ1) is 11.2. The molecule has 0 spiro atoms. The lowest BCUT2D eigenvalue weighted by molar-refractivity contribution is 0.144. The molecule has 0 unspecified atom stereocenters. The van der Waals surface area contributed by atoms with Crippen molar-refractivity contribution in [3.8, 4) is 0 Å². The molecule has 16 heavy (non-hydrogen) atoms. The predicted octanol–water partition coefficient (Wildman–Crippen LogP) is 1.38. The Morgan fingerprint density at radius 3 is 2.94 bits per heavy atom. The highest BCUT2D eigenvalue weighted by Crippen LogP contribution is 2.27. The Morgan fingerprint density at radius 1 is 1.50 bits per heavy atom. The third kappa shape index (κ3) is 2.27. The zero-order chi connectivity index (χ0) is 11.5. The first-order valence-electron chi connectivity index (χ1n) is 5.66.